The maximum atomic E-state index is 12.3. The molecule has 1 fully saturated rings. The molecule has 1 aliphatic rings. The molecule has 1 rings (SSSR count). The van der Waals surface area contributed by atoms with E-state index in [1.165, 1.54) is 4.90 Å². The molecule has 0 aromatic heterocycles. The number of rotatable bonds is 3. The second-order valence-corrected chi connectivity index (χ2v) is 5.20. The first-order valence-electron chi connectivity index (χ1n) is 6.08. The zero-order valence-corrected chi connectivity index (χ0v) is 11.1. The zero-order valence-electron chi connectivity index (χ0n) is 11.1. The molecule has 0 saturated carbocycles. The average Bonchev–Trinajstić information content (AvgIpc) is 2.75. The Morgan fingerprint density at radius 2 is 2.06 bits per heavy atom. The Bertz CT molecular complexity index is 315. The number of amides is 2. The SMILES string of the molecule is CCC(C)(C)N(C)C(=O)N1CCC[C@H]1C(=O)O. The lowest BCUT2D eigenvalue weighted by molar-refractivity contribution is -0.141. The number of hydrogen-bond donors (Lipinski definition) is 1. The fourth-order valence-corrected chi connectivity index (χ4v) is 1.94. The van der Waals surface area contributed by atoms with Crippen molar-refractivity contribution in [3.63, 3.8) is 0 Å². The molecule has 0 aromatic rings. The molecule has 1 heterocycles. The van der Waals surface area contributed by atoms with E-state index in [1.807, 2.05) is 20.8 Å². The third-order valence-electron chi connectivity index (χ3n) is 3.84. The van der Waals surface area contributed by atoms with Crippen molar-refractivity contribution in [3.8, 4) is 0 Å². The molecule has 98 valence electrons. The van der Waals surface area contributed by atoms with E-state index in [1.54, 1.807) is 11.9 Å². The van der Waals surface area contributed by atoms with E-state index in [2.05, 4.69) is 0 Å². The normalized spacial score (nSPS) is 20.5. The summed E-state index contributed by atoms with van der Waals surface area (Å²) in [5.74, 6) is -0.904. The van der Waals surface area contributed by atoms with Crippen LogP contribution in [0.3, 0.4) is 0 Å². The van der Waals surface area contributed by atoms with Crippen LogP contribution in [0.2, 0.25) is 0 Å². The molecule has 0 bridgehead atoms. The van der Waals surface area contributed by atoms with E-state index in [4.69, 9.17) is 5.11 Å². The number of carbonyl (C=O) groups is 2. The molecule has 2 amide bonds. The number of carbonyl (C=O) groups excluding carboxylic acids is 1. The molecule has 5 heteroatoms. The van der Waals surface area contributed by atoms with Gasteiger partial charge >= 0.3 is 12.0 Å². The molecule has 0 spiro atoms. The summed E-state index contributed by atoms with van der Waals surface area (Å²) < 4.78 is 0. The van der Waals surface area contributed by atoms with E-state index in [0.29, 0.717) is 13.0 Å². The smallest absolute Gasteiger partial charge is 0.326 e. The summed E-state index contributed by atoms with van der Waals surface area (Å²) in [5, 5.41) is 9.06. The van der Waals surface area contributed by atoms with Crippen LogP contribution >= 0.6 is 0 Å². The summed E-state index contributed by atoms with van der Waals surface area (Å²) >= 11 is 0. The van der Waals surface area contributed by atoms with Crippen molar-refractivity contribution in [2.75, 3.05) is 13.6 Å². The third kappa shape index (κ3) is 2.70. The second kappa shape index (κ2) is 4.94. The van der Waals surface area contributed by atoms with Crippen molar-refractivity contribution in [1.29, 1.82) is 0 Å². The minimum absolute atomic E-state index is 0.179. The molecule has 0 radical (unpaired) electrons. The summed E-state index contributed by atoms with van der Waals surface area (Å²) in [6.45, 7) is 6.52. The zero-order chi connectivity index (χ0) is 13.2. The average molecular weight is 242 g/mol. The van der Waals surface area contributed by atoms with Crippen LogP contribution in [0.1, 0.15) is 40.0 Å². The Morgan fingerprint density at radius 1 is 1.47 bits per heavy atom. The van der Waals surface area contributed by atoms with Gasteiger partial charge in [0.25, 0.3) is 0 Å². The molecule has 1 saturated heterocycles. The molecule has 5 nitrogen and oxygen atoms in total. The van der Waals surface area contributed by atoms with Gasteiger partial charge in [-0.05, 0) is 33.1 Å². The van der Waals surface area contributed by atoms with Crippen LogP contribution in [0.5, 0.6) is 0 Å². The van der Waals surface area contributed by atoms with Crippen molar-refractivity contribution < 1.29 is 14.7 Å². The number of nitrogens with zero attached hydrogens (tertiary/aromatic N) is 2. The lowest BCUT2D eigenvalue weighted by Gasteiger charge is -2.38. The minimum Gasteiger partial charge on any atom is -0.480 e. The highest BCUT2D eigenvalue weighted by molar-refractivity contribution is 5.83. The summed E-state index contributed by atoms with van der Waals surface area (Å²) in [6.07, 6.45) is 2.16. The van der Waals surface area contributed by atoms with Gasteiger partial charge < -0.3 is 14.9 Å². The van der Waals surface area contributed by atoms with Crippen LogP contribution in [0.15, 0.2) is 0 Å². The Kier molecular flexibility index (Phi) is 4.01. The second-order valence-electron chi connectivity index (χ2n) is 5.20. The van der Waals surface area contributed by atoms with Gasteiger partial charge in [-0.3, -0.25) is 0 Å². The van der Waals surface area contributed by atoms with Gasteiger partial charge in [0.05, 0.1) is 0 Å². The lowest BCUT2D eigenvalue weighted by atomic mass is 10.0. The van der Waals surface area contributed by atoms with E-state index in [0.717, 1.165) is 12.8 Å². The number of urea groups is 1. The van der Waals surface area contributed by atoms with Crippen molar-refractivity contribution >= 4 is 12.0 Å². The number of hydrogen-bond acceptors (Lipinski definition) is 2. The topological polar surface area (TPSA) is 60.9 Å². The number of carboxylic acid groups (broad SMARTS) is 1. The van der Waals surface area contributed by atoms with Crippen LogP contribution < -0.4 is 0 Å². The Hall–Kier alpha value is -1.26. The monoisotopic (exact) mass is 242 g/mol. The summed E-state index contributed by atoms with van der Waals surface area (Å²) in [5.41, 5.74) is -0.247. The standard InChI is InChI=1S/C12H22N2O3/c1-5-12(2,3)13(4)11(17)14-8-6-7-9(14)10(15)16/h9H,5-8H2,1-4H3,(H,15,16)/t9-/m0/s1. The first-order valence-corrected chi connectivity index (χ1v) is 6.08. The van der Waals surface area contributed by atoms with Gasteiger partial charge in [0.2, 0.25) is 0 Å². The van der Waals surface area contributed by atoms with Gasteiger partial charge in [-0.15, -0.1) is 0 Å². The molecule has 1 atom stereocenters. The molecule has 0 aromatic carbocycles. The Balaban J connectivity index is 2.79. The summed E-state index contributed by atoms with van der Waals surface area (Å²) in [4.78, 5) is 26.4. The molecular weight excluding hydrogens is 220 g/mol. The highest BCUT2D eigenvalue weighted by Crippen LogP contribution is 2.23. The fourth-order valence-electron chi connectivity index (χ4n) is 1.94. The van der Waals surface area contributed by atoms with E-state index in [9.17, 15) is 9.59 Å². The van der Waals surface area contributed by atoms with Gasteiger partial charge in [0.1, 0.15) is 6.04 Å². The van der Waals surface area contributed by atoms with E-state index < -0.39 is 12.0 Å². The van der Waals surface area contributed by atoms with Gasteiger partial charge in [0.15, 0.2) is 0 Å². The molecular formula is C12H22N2O3. The van der Waals surface area contributed by atoms with Crippen molar-refractivity contribution in [3.05, 3.63) is 0 Å². The van der Waals surface area contributed by atoms with E-state index >= 15 is 0 Å². The maximum absolute atomic E-state index is 12.3. The van der Waals surface area contributed by atoms with Gasteiger partial charge in [-0.25, -0.2) is 9.59 Å². The van der Waals surface area contributed by atoms with Crippen LogP contribution in [0, 0.1) is 0 Å². The highest BCUT2D eigenvalue weighted by atomic mass is 16.4. The van der Waals surface area contributed by atoms with Crippen LogP contribution in [-0.4, -0.2) is 52.1 Å². The number of aliphatic carboxylic acids is 1. The highest BCUT2D eigenvalue weighted by Gasteiger charge is 2.38. The van der Waals surface area contributed by atoms with E-state index in [-0.39, 0.29) is 11.6 Å². The van der Waals surface area contributed by atoms with Crippen molar-refractivity contribution in [2.24, 2.45) is 0 Å². The first-order chi connectivity index (χ1) is 7.81. The Morgan fingerprint density at radius 3 is 2.53 bits per heavy atom. The third-order valence-corrected chi connectivity index (χ3v) is 3.84. The predicted octanol–water partition coefficient (Wildman–Crippen LogP) is 1.78. The van der Waals surface area contributed by atoms with Crippen LogP contribution in [-0.2, 0) is 4.79 Å². The van der Waals surface area contributed by atoms with Crippen LogP contribution in [0.25, 0.3) is 0 Å². The van der Waals surface area contributed by atoms with Crippen LogP contribution in [0.4, 0.5) is 4.79 Å². The predicted molar refractivity (Wildman–Crippen MR) is 64.9 cm³/mol. The maximum Gasteiger partial charge on any atom is 0.326 e. The van der Waals surface area contributed by atoms with Gasteiger partial charge in [-0.2, -0.15) is 0 Å². The van der Waals surface area contributed by atoms with Gasteiger partial charge in [-0.1, -0.05) is 6.92 Å². The number of likely N-dealkylation sites (tertiary alicyclic amines) is 1. The molecule has 1 aliphatic heterocycles. The lowest BCUT2D eigenvalue weighted by Crippen LogP contribution is -2.53. The molecule has 0 unspecified atom stereocenters. The molecule has 0 aliphatic carbocycles. The van der Waals surface area contributed by atoms with Gasteiger partial charge in [0, 0.05) is 19.1 Å². The Labute approximate surface area is 102 Å². The first kappa shape index (κ1) is 13.8. The summed E-state index contributed by atoms with van der Waals surface area (Å²) in [6, 6.07) is -0.834. The van der Waals surface area contributed by atoms with Crippen molar-refractivity contribution in [2.45, 2.75) is 51.6 Å². The van der Waals surface area contributed by atoms with Crippen molar-refractivity contribution in [1.82, 2.24) is 9.80 Å². The molecule has 1 N–H and O–H groups in total. The minimum atomic E-state index is -0.904. The quantitative estimate of drug-likeness (QED) is 0.820. The summed E-state index contributed by atoms with van der Waals surface area (Å²) in [7, 11) is 1.74. The largest absolute Gasteiger partial charge is 0.480 e. The fraction of sp³-hybridized carbons (Fsp3) is 0.833. The number of carboxylic acids is 1. The molecule has 17 heavy (non-hydrogen) atoms.